The van der Waals surface area contributed by atoms with Crippen molar-refractivity contribution in [3.63, 3.8) is 0 Å². The molecule has 1 fully saturated rings. The van der Waals surface area contributed by atoms with E-state index in [1.807, 2.05) is 59.5 Å². The summed E-state index contributed by atoms with van der Waals surface area (Å²) in [5.74, 6) is 0.305. The van der Waals surface area contributed by atoms with Crippen molar-refractivity contribution in [3.8, 4) is 11.3 Å². The van der Waals surface area contributed by atoms with Crippen LogP contribution in [0.15, 0.2) is 89.6 Å². The van der Waals surface area contributed by atoms with E-state index in [1.165, 1.54) is 0 Å². The summed E-state index contributed by atoms with van der Waals surface area (Å²) in [6.07, 6.45) is 3.51. The molecule has 1 aliphatic rings. The fourth-order valence-corrected chi connectivity index (χ4v) is 4.33. The fraction of sp³-hybridized carbons (Fsp3) is 0.120. The molecule has 0 radical (unpaired) electrons. The maximum atomic E-state index is 11.4. The van der Waals surface area contributed by atoms with Gasteiger partial charge in [0, 0.05) is 18.0 Å². The average Bonchev–Trinajstić information content (AvgIpc) is 3.45. The minimum Gasteiger partial charge on any atom is -0.478 e. The molecule has 2 atom stereocenters. The first-order chi connectivity index (χ1) is 16.1. The van der Waals surface area contributed by atoms with Gasteiger partial charge < -0.3 is 19.7 Å². The molecule has 7 nitrogen and oxygen atoms in total. The van der Waals surface area contributed by atoms with Crippen LogP contribution in [-0.2, 0) is 6.54 Å². The lowest BCUT2D eigenvalue weighted by Gasteiger charge is -2.25. The minimum absolute atomic E-state index is 0.206. The Balaban J connectivity index is 1.53. The van der Waals surface area contributed by atoms with Gasteiger partial charge in [0.05, 0.1) is 29.5 Å². The zero-order valence-corrected chi connectivity index (χ0v) is 18.3. The van der Waals surface area contributed by atoms with Gasteiger partial charge in [0.2, 0.25) is 0 Å². The lowest BCUT2D eigenvalue weighted by Crippen LogP contribution is -2.29. The van der Waals surface area contributed by atoms with Crippen LogP contribution in [0.1, 0.15) is 39.6 Å². The summed E-state index contributed by atoms with van der Waals surface area (Å²) in [4.78, 5) is 22.4. The van der Waals surface area contributed by atoms with Crippen molar-refractivity contribution >= 4 is 23.3 Å². The van der Waals surface area contributed by atoms with Gasteiger partial charge in [-0.15, -0.1) is 0 Å². The first-order valence-electron chi connectivity index (χ1n) is 10.4. The second-order valence-electron chi connectivity index (χ2n) is 7.66. The third kappa shape index (κ3) is 4.20. The van der Waals surface area contributed by atoms with Gasteiger partial charge in [0.25, 0.3) is 0 Å². The van der Waals surface area contributed by atoms with Gasteiger partial charge >= 0.3 is 5.97 Å². The number of hydrogen-bond acceptors (Lipinski definition) is 5. The number of aromatic nitrogens is 2. The van der Waals surface area contributed by atoms with Crippen LogP contribution in [0.2, 0.25) is 0 Å². The summed E-state index contributed by atoms with van der Waals surface area (Å²) >= 11 is 5.69. The number of aromatic carboxylic acids is 1. The second-order valence-corrected chi connectivity index (χ2v) is 8.05. The fourth-order valence-electron chi connectivity index (χ4n) is 4.02. The Morgan fingerprint density at radius 3 is 2.58 bits per heavy atom. The van der Waals surface area contributed by atoms with Crippen molar-refractivity contribution in [1.82, 2.24) is 20.2 Å². The van der Waals surface area contributed by atoms with Crippen molar-refractivity contribution in [1.29, 1.82) is 0 Å². The molecule has 0 aliphatic carbocycles. The van der Waals surface area contributed by atoms with Gasteiger partial charge in [-0.3, -0.25) is 9.97 Å². The number of benzene rings is 1. The van der Waals surface area contributed by atoms with Crippen LogP contribution in [0.25, 0.3) is 11.3 Å². The molecular formula is C25H20N4O3S. The Hall–Kier alpha value is -4.04. The molecule has 2 unspecified atom stereocenters. The molecule has 5 rings (SSSR count). The predicted octanol–water partition coefficient (Wildman–Crippen LogP) is 4.61. The molecule has 1 saturated heterocycles. The number of hydrogen-bond donors (Lipinski definition) is 2. The molecule has 164 valence electrons. The molecule has 1 aliphatic heterocycles. The molecule has 4 aromatic rings. The van der Waals surface area contributed by atoms with Crippen LogP contribution in [0.4, 0.5) is 0 Å². The maximum Gasteiger partial charge on any atom is 0.335 e. The van der Waals surface area contributed by atoms with Crippen LogP contribution in [0.5, 0.6) is 0 Å². The van der Waals surface area contributed by atoms with E-state index in [-0.39, 0.29) is 17.6 Å². The van der Waals surface area contributed by atoms with Gasteiger partial charge in [-0.05, 0) is 60.7 Å². The Kier molecular flexibility index (Phi) is 5.58. The number of thiocarbonyl (C=S) groups is 1. The molecule has 8 heteroatoms. The first-order valence-corrected chi connectivity index (χ1v) is 10.8. The SMILES string of the molecule is O=C(O)c1cccc(-c2ccc(C3C(c4ccccn4)NC(=S)N3Cc3ccccn3)o2)c1. The number of nitrogens with one attached hydrogen (secondary N) is 1. The quantitative estimate of drug-likeness (QED) is 0.407. The van der Waals surface area contributed by atoms with E-state index in [9.17, 15) is 9.90 Å². The van der Waals surface area contributed by atoms with E-state index in [2.05, 4.69) is 15.3 Å². The van der Waals surface area contributed by atoms with E-state index < -0.39 is 5.97 Å². The highest BCUT2D eigenvalue weighted by Gasteiger charge is 2.41. The zero-order valence-electron chi connectivity index (χ0n) is 17.5. The first kappa shape index (κ1) is 20.8. The maximum absolute atomic E-state index is 11.4. The number of carboxylic acids is 1. The van der Waals surface area contributed by atoms with Crippen molar-refractivity contribution in [3.05, 3.63) is 108 Å². The van der Waals surface area contributed by atoms with Crippen LogP contribution in [0, 0.1) is 0 Å². The monoisotopic (exact) mass is 456 g/mol. The molecule has 0 spiro atoms. The molecule has 4 heterocycles. The summed E-state index contributed by atoms with van der Waals surface area (Å²) < 4.78 is 6.27. The molecule has 2 N–H and O–H groups in total. The predicted molar refractivity (Wildman–Crippen MR) is 126 cm³/mol. The van der Waals surface area contributed by atoms with Crippen molar-refractivity contribution < 1.29 is 14.3 Å². The number of nitrogens with zero attached hydrogens (tertiary/aromatic N) is 3. The van der Waals surface area contributed by atoms with Crippen molar-refractivity contribution in [2.75, 3.05) is 0 Å². The van der Waals surface area contributed by atoms with Gasteiger partial charge in [-0.25, -0.2) is 4.79 Å². The van der Waals surface area contributed by atoms with Gasteiger partial charge in [-0.1, -0.05) is 24.3 Å². The van der Waals surface area contributed by atoms with Crippen LogP contribution < -0.4 is 5.32 Å². The smallest absolute Gasteiger partial charge is 0.335 e. The molecule has 0 amide bonds. The van der Waals surface area contributed by atoms with Gasteiger partial charge in [-0.2, -0.15) is 0 Å². The second kappa shape index (κ2) is 8.84. The standard InChI is InChI=1S/C25H20N4O3S/c30-24(31)17-7-5-6-16(14-17)20-10-11-21(32-20)23-22(19-9-2-4-13-27-19)28-25(33)29(23)15-18-8-1-3-12-26-18/h1-14,22-23H,15H2,(H,28,33)(H,30,31). The highest BCUT2D eigenvalue weighted by Crippen LogP contribution is 2.41. The van der Waals surface area contributed by atoms with Crippen LogP contribution >= 0.6 is 12.2 Å². The van der Waals surface area contributed by atoms with E-state index in [0.29, 0.717) is 28.7 Å². The number of pyridine rings is 2. The third-order valence-corrected chi connectivity index (χ3v) is 5.92. The minimum atomic E-state index is -0.981. The van der Waals surface area contributed by atoms with Gasteiger partial charge in [0.1, 0.15) is 17.6 Å². The van der Waals surface area contributed by atoms with E-state index in [1.54, 1.807) is 30.6 Å². The topological polar surface area (TPSA) is 91.5 Å². The summed E-state index contributed by atoms with van der Waals surface area (Å²) in [5.41, 5.74) is 2.63. The molecule has 33 heavy (non-hydrogen) atoms. The van der Waals surface area contributed by atoms with Crippen LogP contribution in [-0.4, -0.2) is 31.1 Å². The number of carbonyl (C=O) groups is 1. The summed E-state index contributed by atoms with van der Waals surface area (Å²) in [6, 6.07) is 21.5. The summed E-state index contributed by atoms with van der Waals surface area (Å²) in [7, 11) is 0. The number of rotatable bonds is 6. The van der Waals surface area contributed by atoms with E-state index in [0.717, 1.165) is 11.4 Å². The van der Waals surface area contributed by atoms with Crippen LogP contribution in [0.3, 0.4) is 0 Å². The Morgan fingerprint density at radius 2 is 1.85 bits per heavy atom. The molecule has 1 aromatic carbocycles. The summed E-state index contributed by atoms with van der Waals surface area (Å²) in [6.45, 7) is 0.505. The largest absolute Gasteiger partial charge is 0.478 e. The van der Waals surface area contributed by atoms with E-state index >= 15 is 0 Å². The molecular weight excluding hydrogens is 436 g/mol. The van der Waals surface area contributed by atoms with E-state index in [4.69, 9.17) is 16.6 Å². The highest BCUT2D eigenvalue weighted by atomic mass is 32.1. The Bertz CT molecular complexity index is 1290. The molecule has 0 saturated carbocycles. The molecule has 3 aromatic heterocycles. The van der Waals surface area contributed by atoms with Gasteiger partial charge in [0.15, 0.2) is 5.11 Å². The summed E-state index contributed by atoms with van der Waals surface area (Å²) in [5, 5.41) is 13.3. The van der Waals surface area contributed by atoms with Crippen molar-refractivity contribution in [2.45, 2.75) is 18.6 Å². The highest BCUT2D eigenvalue weighted by molar-refractivity contribution is 7.80. The average molecular weight is 457 g/mol. The number of furan rings is 1. The van der Waals surface area contributed by atoms with Crippen molar-refractivity contribution in [2.24, 2.45) is 0 Å². The Labute approximate surface area is 195 Å². The Morgan fingerprint density at radius 1 is 1.03 bits per heavy atom. The lowest BCUT2D eigenvalue weighted by molar-refractivity contribution is 0.0697. The normalized spacial score (nSPS) is 17.7. The lowest BCUT2D eigenvalue weighted by atomic mass is 10.0. The zero-order chi connectivity index (χ0) is 22.8. The third-order valence-electron chi connectivity index (χ3n) is 5.57. The molecule has 0 bridgehead atoms. The number of carboxylic acid groups (broad SMARTS) is 1.